The fourth-order valence-corrected chi connectivity index (χ4v) is 3.73. The number of alkyl halides is 3. The minimum Gasteiger partial charge on any atom is -0.496 e. The molecular weight excluding hydrogens is 453 g/mol. The Labute approximate surface area is 194 Å². The van der Waals surface area contributed by atoms with Crippen LogP contribution in [0.15, 0.2) is 36.7 Å². The molecule has 0 spiro atoms. The van der Waals surface area contributed by atoms with Crippen LogP contribution in [-0.2, 0) is 0 Å². The number of methoxy groups -OCH3 is 1. The first-order valence-electron chi connectivity index (χ1n) is 10.7. The van der Waals surface area contributed by atoms with Crippen LogP contribution in [0.1, 0.15) is 37.0 Å². The van der Waals surface area contributed by atoms with Gasteiger partial charge in [-0.15, -0.1) is 0 Å². The summed E-state index contributed by atoms with van der Waals surface area (Å²) >= 11 is 0. The molecule has 1 fully saturated rings. The minimum atomic E-state index is -3.17. The van der Waals surface area contributed by atoms with Gasteiger partial charge in [-0.1, -0.05) is 0 Å². The van der Waals surface area contributed by atoms with Crippen molar-refractivity contribution >= 4 is 11.3 Å². The molecule has 7 nitrogen and oxygen atoms in total. The number of fused-ring (bicyclic) bond motifs is 1. The average Bonchev–Trinajstić information content (AvgIpc) is 3.30. The number of benzene rings is 1. The van der Waals surface area contributed by atoms with Crippen LogP contribution in [0.4, 0.5) is 13.2 Å². The summed E-state index contributed by atoms with van der Waals surface area (Å²) in [4.78, 5) is 12.8. The summed E-state index contributed by atoms with van der Waals surface area (Å²) in [5.41, 5.74) is 0.734. The first-order chi connectivity index (χ1) is 16.1. The Balaban J connectivity index is 1.74. The molecule has 0 amide bonds. The number of Topliss-reactive ketones (excluding diaryl/α,β-unsaturated/α-hetero) is 1. The SMILES string of the molecule is COc1cc(-c2cnn3cc(OC(C)(C)CO)ccc23)cc(OC(F)F)c1C(=O)C[C@@H]1C[C@@H]1F. The molecule has 10 heteroatoms. The van der Waals surface area contributed by atoms with E-state index < -0.39 is 30.1 Å². The van der Waals surface area contributed by atoms with Crippen molar-refractivity contribution in [3.63, 3.8) is 0 Å². The number of hydrogen-bond acceptors (Lipinski definition) is 6. The van der Waals surface area contributed by atoms with E-state index in [4.69, 9.17) is 9.47 Å². The summed E-state index contributed by atoms with van der Waals surface area (Å²) in [6, 6.07) is 6.31. The maximum Gasteiger partial charge on any atom is 0.387 e. The lowest BCUT2D eigenvalue weighted by molar-refractivity contribution is -0.0502. The fraction of sp³-hybridized carbons (Fsp3) is 0.417. The van der Waals surface area contributed by atoms with Crippen LogP contribution in [-0.4, -0.2) is 52.6 Å². The first kappa shape index (κ1) is 23.9. The number of halogens is 3. The zero-order chi connectivity index (χ0) is 24.6. The summed E-state index contributed by atoms with van der Waals surface area (Å²) in [6.07, 6.45) is 2.28. The van der Waals surface area contributed by atoms with E-state index in [9.17, 15) is 23.1 Å². The van der Waals surface area contributed by atoms with Crippen LogP contribution in [0.5, 0.6) is 17.2 Å². The highest BCUT2D eigenvalue weighted by atomic mass is 19.3. The Morgan fingerprint density at radius 3 is 2.62 bits per heavy atom. The van der Waals surface area contributed by atoms with E-state index in [1.54, 1.807) is 42.8 Å². The lowest BCUT2D eigenvalue weighted by atomic mass is 9.98. The highest BCUT2D eigenvalue weighted by Gasteiger charge is 2.40. The van der Waals surface area contributed by atoms with Crippen LogP contribution in [0.3, 0.4) is 0 Å². The number of ketones is 1. The monoisotopic (exact) mass is 478 g/mol. The summed E-state index contributed by atoms with van der Waals surface area (Å²) in [5, 5.41) is 13.7. The number of rotatable bonds is 10. The molecule has 182 valence electrons. The molecule has 1 aliphatic carbocycles. The molecule has 1 aliphatic rings. The number of pyridine rings is 1. The van der Waals surface area contributed by atoms with Crippen molar-refractivity contribution in [1.82, 2.24) is 9.61 Å². The molecule has 3 aromatic rings. The number of nitrogens with zero attached hydrogens (tertiary/aromatic N) is 2. The number of aromatic nitrogens is 2. The van der Waals surface area contributed by atoms with E-state index in [2.05, 4.69) is 9.84 Å². The number of hydrogen-bond donors (Lipinski definition) is 1. The van der Waals surface area contributed by atoms with Gasteiger partial charge in [0.25, 0.3) is 0 Å². The number of aliphatic hydroxyl groups is 1. The van der Waals surface area contributed by atoms with Crippen molar-refractivity contribution in [3.05, 3.63) is 42.2 Å². The van der Waals surface area contributed by atoms with Crippen LogP contribution in [0.25, 0.3) is 16.6 Å². The van der Waals surface area contributed by atoms with Crippen molar-refractivity contribution < 1.29 is 37.3 Å². The Morgan fingerprint density at radius 1 is 1.29 bits per heavy atom. The van der Waals surface area contributed by atoms with Crippen molar-refractivity contribution in [3.8, 4) is 28.4 Å². The fourth-order valence-electron chi connectivity index (χ4n) is 3.73. The minimum absolute atomic E-state index is 0.0539. The quantitative estimate of drug-likeness (QED) is 0.426. The lowest BCUT2D eigenvalue weighted by Gasteiger charge is -2.23. The van der Waals surface area contributed by atoms with Gasteiger partial charge in [0.2, 0.25) is 0 Å². The van der Waals surface area contributed by atoms with Crippen molar-refractivity contribution in [2.24, 2.45) is 5.92 Å². The van der Waals surface area contributed by atoms with Crippen LogP contribution >= 0.6 is 0 Å². The molecule has 1 aromatic carbocycles. The second kappa shape index (κ2) is 9.17. The average molecular weight is 478 g/mol. The third-order valence-electron chi connectivity index (χ3n) is 5.64. The lowest BCUT2D eigenvalue weighted by Crippen LogP contribution is -2.32. The van der Waals surface area contributed by atoms with E-state index in [1.165, 1.54) is 19.4 Å². The Morgan fingerprint density at radius 2 is 2.00 bits per heavy atom. The topological polar surface area (TPSA) is 82.3 Å². The molecule has 0 unspecified atom stereocenters. The highest BCUT2D eigenvalue weighted by Crippen LogP contribution is 2.42. The molecule has 0 bridgehead atoms. The number of aliphatic hydroxyl groups excluding tert-OH is 1. The van der Waals surface area contributed by atoms with Gasteiger partial charge in [-0.2, -0.15) is 13.9 Å². The van der Waals surface area contributed by atoms with E-state index >= 15 is 0 Å². The van der Waals surface area contributed by atoms with Crippen LogP contribution in [0, 0.1) is 5.92 Å². The normalized spacial score (nSPS) is 17.8. The summed E-state index contributed by atoms with van der Waals surface area (Å²) in [5.74, 6) is -0.735. The number of carbonyl (C=O) groups excluding carboxylic acids is 1. The molecular formula is C24H25F3N2O5. The molecule has 0 radical (unpaired) electrons. The predicted octanol–water partition coefficient (Wildman–Crippen LogP) is 4.69. The second-order valence-electron chi connectivity index (χ2n) is 8.84. The van der Waals surface area contributed by atoms with Gasteiger partial charge in [0.05, 0.1) is 31.6 Å². The summed E-state index contributed by atoms with van der Waals surface area (Å²) in [6.45, 7) is 0.129. The van der Waals surface area contributed by atoms with Gasteiger partial charge in [0.15, 0.2) is 5.78 Å². The van der Waals surface area contributed by atoms with E-state index in [-0.39, 0.29) is 36.5 Å². The van der Waals surface area contributed by atoms with Gasteiger partial charge in [-0.05, 0) is 50.1 Å². The number of carbonyl (C=O) groups is 1. The first-order valence-corrected chi connectivity index (χ1v) is 10.7. The zero-order valence-electron chi connectivity index (χ0n) is 18.9. The van der Waals surface area contributed by atoms with Crippen molar-refractivity contribution in [2.75, 3.05) is 13.7 Å². The molecule has 0 aliphatic heterocycles. The van der Waals surface area contributed by atoms with Crippen LogP contribution in [0.2, 0.25) is 0 Å². The second-order valence-corrected chi connectivity index (χ2v) is 8.84. The highest BCUT2D eigenvalue weighted by molar-refractivity contribution is 6.03. The van der Waals surface area contributed by atoms with Crippen molar-refractivity contribution in [2.45, 2.75) is 45.1 Å². The molecule has 2 atom stereocenters. The maximum atomic E-state index is 13.3. The Bertz CT molecular complexity index is 1210. The zero-order valence-corrected chi connectivity index (χ0v) is 18.9. The maximum absolute atomic E-state index is 13.3. The van der Waals surface area contributed by atoms with Gasteiger partial charge >= 0.3 is 6.61 Å². The van der Waals surface area contributed by atoms with Crippen molar-refractivity contribution in [1.29, 1.82) is 0 Å². The molecule has 4 rings (SSSR count). The molecule has 1 N–H and O–H groups in total. The van der Waals surface area contributed by atoms with Crippen LogP contribution < -0.4 is 14.2 Å². The van der Waals surface area contributed by atoms with Gasteiger partial charge in [0, 0.05) is 17.9 Å². The predicted molar refractivity (Wildman–Crippen MR) is 118 cm³/mol. The van der Waals surface area contributed by atoms with E-state index in [0.29, 0.717) is 22.4 Å². The summed E-state index contributed by atoms with van der Waals surface area (Å²) < 4.78 is 57.0. The summed E-state index contributed by atoms with van der Waals surface area (Å²) in [7, 11) is 1.32. The third-order valence-corrected chi connectivity index (χ3v) is 5.64. The molecule has 34 heavy (non-hydrogen) atoms. The number of ether oxygens (including phenoxy) is 3. The smallest absolute Gasteiger partial charge is 0.387 e. The third kappa shape index (κ3) is 4.96. The molecule has 0 saturated heterocycles. The standard InChI is InChI=1S/C24H25F3N2O5/c1-24(2,12-30)34-15-4-5-18-16(10-28-29(18)11-15)13-8-20(32-3)22(21(9-13)33-23(26)27)19(31)7-14-6-17(14)25/h4-5,8-11,14,17,23,30H,6-7,12H2,1-3H3/t14-,17-/m0/s1. The largest absolute Gasteiger partial charge is 0.496 e. The van der Waals surface area contributed by atoms with Gasteiger partial charge in [0.1, 0.15) is 34.6 Å². The van der Waals surface area contributed by atoms with Gasteiger partial charge in [-0.3, -0.25) is 4.79 Å². The van der Waals surface area contributed by atoms with E-state index in [0.717, 1.165) is 0 Å². The molecule has 1 saturated carbocycles. The van der Waals surface area contributed by atoms with Gasteiger partial charge < -0.3 is 19.3 Å². The van der Waals surface area contributed by atoms with E-state index in [1.807, 2.05) is 0 Å². The Kier molecular flexibility index (Phi) is 6.44. The molecule has 2 heterocycles. The van der Waals surface area contributed by atoms with Gasteiger partial charge in [-0.25, -0.2) is 8.91 Å². The Hall–Kier alpha value is -3.27. The molecule has 2 aromatic heterocycles.